The normalized spacial score (nSPS) is 11.0. The van der Waals surface area contributed by atoms with Gasteiger partial charge in [-0.2, -0.15) is 4.98 Å². The van der Waals surface area contributed by atoms with Crippen LogP contribution in [0.5, 0.6) is 0 Å². The molecule has 0 atom stereocenters. The quantitative estimate of drug-likeness (QED) is 0.557. The van der Waals surface area contributed by atoms with E-state index in [9.17, 15) is 0 Å². The lowest BCUT2D eigenvalue weighted by molar-refractivity contribution is 0.203. The number of anilines is 2. The summed E-state index contributed by atoms with van der Waals surface area (Å²) in [6, 6.07) is 3.00. The zero-order valence-corrected chi connectivity index (χ0v) is 9.04. The fourth-order valence-corrected chi connectivity index (χ4v) is 1.43. The van der Waals surface area contributed by atoms with Gasteiger partial charge in [-0.3, -0.25) is 4.98 Å². The molecule has 0 amide bonds. The van der Waals surface area contributed by atoms with Gasteiger partial charge >= 0.3 is 0 Å². The van der Waals surface area contributed by atoms with Crippen LogP contribution >= 0.6 is 0 Å². The maximum absolute atomic E-state index is 9.01. The highest BCUT2D eigenvalue weighted by atomic mass is 16.3. The molecule has 7 nitrogen and oxygen atoms in total. The monoisotopic (exact) mass is 235 g/mol. The molecule has 0 aliphatic heterocycles. The molecular formula is C10H13N5O2. The summed E-state index contributed by atoms with van der Waals surface area (Å²) in [5.74, 6) is 0.517. The van der Waals surface area contributed by atoms with Crippen molar-refractivity contribution in [2.75, 3.05) is 24.3 Å². The molecule has 0 radical (unpaired) electrons. The van der Waals surface area contributed by atoms with E-state index in [1.54, 1.807) is 18.3 Å². The Morgan fingerprint density at radius 2 is 2.06 bits per heavy atom. The number of rotatable bonds is 4. The predicted molar refractivity (Wildman–Crippen MR) is 63.3 cm³/mol. The van der Waals surface area contributed by atoms with Gasteiger partial charge in [0.2, 0.25) is 5.95 Å². The maximum atomic E-state index is 9.01. The molecule has 17 heavy (non-hydrogen) atoms. The molecule has 2 aromatic rings. The Kier molecular flexibility index (Phi) is 3.31. The van der Waals surface area contributed by atoms with Gasteiger partial charge in [-0.15, -0.1) is 0 Å². The molecular weight excluding hydrogens is 222 g/mol. The standard InChI is InChI=1S/C10H13N5O2/c11-10-14-7-2-1-3-12-8(7)9(15-10)13-6(4-16)5-17/h1-3,6,16-17H,4-5H2,(H3,11,13,14,15). The number of aliphatic hydroxyl groups is 2. The summed E-state index contributed by atoms with van der Waals surface area (Å²) in [4.78, 5) is 12.2. The zero-order valence-electron chi connectivity index (χ0n) is 9.04. The van der Waals surface area contributed by atoms with E-state index in [1.807, 2.05) is 0 Å². The van der Waals surface area contributed by atoms with Gasteiger partial charge in [0.1, 0.15) is 5.52 Å². The number of hydrogen-bond acceptors (Lipinski definition) is 7. The molecule has 0 unspecified atom stereocenters. The Morgan fingerprint density at radius 3 is 2.76 bits per heavy atom. The van der Waals surface area contributed by atoms with Crippen LogP contribution in [0.2, 0.25) is 0 Å². The number of aliphatic hydroxyl groups excluding tert-OH is 2. The number of hydrogen-bond donors (Lipinski definition) is 4. The first kappa shape index (κ1) is 11.5. The van der Waals surface area contributed by atoms with E-state index in [0.29, 0.717) is 16.9 Å². The van der Waals surface area contributed by atoms with Crippen molar-refractivity contribution in [2.24, 2.45) is 0 Å². The van der Waals surface area contributed by atoms with E-state index in [0.717, 1.165) is 0 Å². The topological polar surface area (TPSA) is 117 Å². The van der Waals surface area contributed by atoms with Crippen molar-refractivity contribution >= 4 is 22.8 Å². The van der Waals surface area contributed by atoms with Crippen molar-refractivity contribution in [1.82, 2.24) is 15.0 Å². The predicted octanol–water partition coefficient (Wildman–Crippen LogP) is -0.628. The third-order valence-corrected chi connectivity index (χ3v) is 2.25. The number of nitrogens with one attached hydrogen (secondary N) is 1. The number of fused-ring (bicyclic) bond motifs is 1. The van der Waals surface area contributed by atoms with Crippen LogP contribution in [0.3, 0.4) is 0 Å². The second-order valence-corrected chi connectivity index (χ2v) is 3.51. The van der Waals surface area contributed by atoms with Gasteiger partial charge in [-0.1, -0.05) is 0 Å². The molecule has 0 saturated heterocycles. The summed E-state index contributed by atoms with van der Waals surface area (Å²) in [6.07, 6.45) is 1.61. The maximum Gasteiger partial charge on any atom is 0.222 e. The highest BCUT2D eigenvalue weighted by Gasteiger charge is 2.11. The Bertz CT molecular complexity index is 515. The largest absolute Gasteiger partial charge is 0.394 e. The van der Waals surface area contributed by atoms with Crippen LogP contribution in [0, 0.1) is 0 Å². The number of aromatic nitrogens is 3. The summed E-state index contributed by atoms with van der Waals surface area (Å²) >= 11 is 0. The van der Waals surface area contributed by atoms with Gasteiger partial charge in [-0.05, 0) is 12.1 Å². The number of nitrogens with two attached hydrogens (primary N) is 1. The van der Waals surface area contributed by atoms with E-state index in [4.69, 9.17) is 15.9 Å². The Morgan fingerprint density at radius 1 is 1.29 bits per heavy atom. The van der Waals surface area contributed by atoms with Crippen LogP contribution in [0.4, 0.5) is 11.8 Å². The Hall–Kier alpha value is -1.99. The molecule has 0 aliphatic carbocycles. The summed E-state index contributed by atoms with van der Waals surface area (Å²) < 4.78 is 0. The van der Waals surface area contributed by atoms with Crippen LogP contribution in [-0.2, 0) is 0 Å². The minimum Gasteiger partial charge on any atom is -0.394 e. The molecule has 2 rings (SSSR count). The minimum absolute atomic E-state index is 0.114. The minimum atomic E-state index is -0.505. The molecule has 90 valence electrons. The second-order valence-electron chi connectivity index (χ2n) is 3.51. The summed E-state index contributed by atoms with van der Waals surface area (Å²) in [5, 5.41) is 20.9. The third-order valence-electron chi connectivity index (χ3n) is 2.25. The average molecular weight is 235 g/mol. The highest BCUT2D eigenvalue weighted by Crippen LogP contribution is 2.18. The lowest BCUT2D eigenvalue weighted by Crippen LogP contribution is -2.28. The van der Waals surface area contributed by atoms with Crippen molar-refractivity contribution in [3.8, 4) is 0 Å². The van der Waals surface area contributed by atoms with Gasteiger partial charge < -0.3 is 21.3 Å². The Labute approximate surface area is 97.3 Å². The highest BCUT2D eigenvalue weighted by molar-refractivity contribution is 5.85. The molecule has 0 bridgehead atoms. The fraction of sp³-hybridized carbons (Fsp3) is 0.300. The zero-order chi connectivity index (χ0) is 12.3. The van der Waals surface area contributed by atoms with Gasteiger partial charge in [0.25, 0.3) is 0 Å². The van der Waals surface area contributed by atoms with Gasteiger partial charge in [0.15, 0.2) is 5.82 Å². The lowest BCUT2D eigenvalue weighted by atomic mass is 10.3. The molecule has 7 heteroatoms. The van der Waals surface area contributed by atoms with E-state index in [2.05, 4.69) is 20.3 Å². The van der Waals surface area contributed by atoms with Crippen LogP contribution in [0.1, 0.15) is 0 Å². The summed E-state index contributed by atoms with van der Waals surface area (Å²) in [7, 11) is 0. The van der Waals surface area contributed by atoms with Crippen LogP contribution < -0.4 is 11.1 Å². The lowest BCUT2D eigenvalue weighted by Gasteiger charge is -2.15. The van der Waals surface area contributed by atoms with Gasteiger partial charge in [-0.25, -0.2) is 4.98 Å². The first-order chi connectivity index (χ1) is 8.24. The SMILES string of the molecule is Nc1nc(NC(CO)CO)c2ncccc2n1. The van der Waals surface area contributed by atoms with Crippen LogP contribution in [0.25, 0.3) is 11.0 Å². The first-order valence-electron chi connectivity index (χ1n) is 5.11. The van der Waals surface area contributed by atoms with Crippen LogP contribution in [-0.4, -0.2) is 44.4 Å². The molecule has 5 N–H and O–H groups in total. The molecule has 0 fully saturated rings. The molecule has 0 aromatic carbocycles. The van der Waals surface area contributed by atoms with Crippen molar-refractivity contribution in [3.63, 3.8) is 0 Å². The molecule has 0 spiro atoms. The van der Waals surface area contributed by atoms with Crippen molar-refractivity contribution in [2.45, 2.75) is 6.04 Å². The number of nitrogen functional groups attached to an aromatic ring is 1. The number of pyridine rings is 1. The Balaban J connectivity index is 2.44. The van der Waals surface area contributed by atoms with E-state index in [-0.39, 0.29) is 19.2 Å². The molecule has 2 heterocycles. The summed E-state index contributed by atoms with van der Waals surface area (Å²) in [6.45, 7) is -0.427. The fourth-order valence-electron chi connectivity index (χ4n) is 1.43. The van der Waals surface area contributed by atoms with Crippen molar-refractivity contribution in [1.29, 1.82) is 0 Å². The first-order valence-corrected chi connectivity index (χ1v) is 5.11. The summed E-state index contributed by atoms with van der Waals surface area (Å²) in [5.41, 5.74) is 6.73. The van der Waals surface area contributed by atoms with Crippen molar-refractivity contribution in [3.05, 3.63) is 18.3 Å². The number of nitrogens with zero attached hydrogens (tertiary/aromatic N) is 3. The average Bonchev–Trinajstić information content (AvgIpc) is 2.35. The van der Waals surface area contributed by atoms with Crippen LogP contribution in [0.15, 0.2) is 18.3 Å². The van der Waals surface area contributed by atoms with Gasteiger partial charge in [0, 0.05) is 6.20 Å². The van der Waals surface area contributed by atoms with E-state index in [1.165, 1.54) is 0 Å². The van der Waals surface area contributed by atoms with E-state index < -0.39 is 6.04 Å². The molecule has 2 aromatic heterocycles. The van der Waals surface area contributed by atoms with Crippen molar-refractivity contribution < 1.29 is 10.2 Å². The third kappa shape index (κ3) is 2.40. The van der Waals surface area contributed by atoms with E-state index >= 15 is 0 Å². The molecule has 0 aliphatic rings. The molecule has 0 saturated carbocycles. The van der Waals surface area contributed by atoms with Gasteiger partial charge in [0.05, 0.1) is 24.8 Å². The second kappa shape index (κ2) is 4.89. The smallest absolute Gasteiger partial charge is 0.222 e.